The van der Waals surface area contributed by atoms with E-state index in [4.69, 9.17) is 17.0 Å². The van der Waals surface area contributed by atoms with Crippen LogP contribution in [0.4, 0.5) is 5.69 Å². The Bertz CT molecular complexity index is 582. The minimum atomic E-state index is 0.560. The van der Waals surface area contributed by atoms with Crippen molar-refractivity contribution in [1.29, 1.82) is 0 Å². The third-order valence-corrected chi connectivity index (χ3v) is 3.02. The van der Waals surface area contributed by atoms with Crippen molar-refractivity contribution in [2.24, 2.45) is 0 Å². The maximum atomic E-state index is 5.25. The van der Waals surface area contributed by atoms with Gasteiger partial charge in [-0.3, -0.25) is 4.68 Å². The molecule has 0 amide bonds. The van der Waals surface area contributed by atoms with Gasteiger partial charge in [0.2, 0.25) is 0 Å². The Balaban J connectivity index is 1.85. The minimum Gasteiger partial charge on any atom is -0.497 e. The van der Waals surface area contributed by atoms with Crippen molar-refractivity contribution in [3.8, 4) is 5.75 Å². The molecule has 1 aromatic heterocycles. The van der Waals surface area contributed by atoms with Gasteiger partial charge in [0.1, 0.15) is 5.75 Å². The minimum absolute atomic E-state index is 0.560. The first kappa shape index (κ1) is 14.3. The molecule has 0 radical (unpaired) electrons. The lowest BCUT2D eigenvalue weighted by atomic mass is 10.3. The van der Waals surface area contributed by atoms with E-state index in [1.807, 2.05) is 41.2 Å². The average molecular weight is 290 g/mol. The van der Waals surface area contributed by atoms with Crippen LogP contribution >= 0.6 is 12.2 Å². The zero-order valence-electron chi connectivity index (χ0n) is 11.6. The molecule has 0 fully saturated rings. The molecule has 0 atom stereocenters. The Labute approximate surface area is 123 Å². The van der Waals surface area contributed by atoms with Crippen LogP contribution in [0.3, 0.4) is 0 Å². The summed E-state index contributed by atoms with van der Waals surface area (Å²) in [5, 5.41) is 11.2. The van der Waals surface area contributed by atoms with Crippen LogP contribution in [-0.4, -0.2) is 22.0 Å². The second kappa shape index (κ2) is 6.91. The third kappa shape index (κ3) is 3.96. The highest BCUT2D eigenvalue weighted by molar-refractivity contribution is 7.80. The second-order valence-electron chi connectivity index (χ2n) is 4.20. The molecule has 0 saturated heterocycles. The zero-order valence-corrected chi connectivity index (χ0v) is 12.4. The monoisotopic (exact) mass is 290 g/mol. The molecule has 2 aromatic rings. The lowest BCUT2D eigenvalue weighted by Crippen LogP contribution is -2.28. The highest BCUT2D eigenvalue weighted by Gasteiger charge is 2.01. The van der Waals surface area contributed by atoms with Crippen molar-refractivity contribution in [3.05, 3.63) is 42.2 Å². The number of aromatic nitrogens is 2. The third-order valence-electron chi connectivity index (χ3n) is 2.78. The van der Waals surface area contributed by atoms with Crippen LogP contribution in [0.25, 0.3) is 0 Å². The van der Waals surface area contributed by atoms with Gasteiger partial charge < -0.3 is 15.4 Å². The first-order chi connectivity index (χ1) is 9.71. The summed E-state index contributed by atoms with van der Waals surface area (Å²) in [7, 11) is 1.64. The van der Waals surface area contributed by atoms with Crippen molar-refractivity contribution in [1.82, 2.24) is 15.1 Å². The highest BCUT2D eigenvalue weighted by Crippen LogP contribution is 2.16. The molecular formula is C14H18N4OS. The van der Waals surface area contributed by atoms with E-state index in [2.05, 4.69) is 22.7 Å². The first-order valence-corrected chi connectivity index (χ1v) is 6.83. The maximum absolute atomic E-state index is 5.25. The van der Waals surface area contributed by atoms with E-state index in [0.29, 0.717) is 11.7 Å². The molecule has 20 heavy (non-hydrogen) atoms. The van der Waals surface area contributed by atoms with Crippen molar-refractivity contribution in [2.45, 2.75) is 20.0 Å². The summed E-state index contributed by atoms with van der Waals surface area (Å²) in [4.78, 5) is 0. The molecule has 2 rings (SSSR count). The summed E-state index contributed by atoms with van der Waals surface area (Å²) in [5.74, 6) is 0.791. The summed E-state index contributed by atoms with van der Waals surface area (Å²) < 4.78 is 7.05. The SMILES string of the molecule is CCn1ccc(CNC(=S)Nc2cccc(OC)c2)n1. The van der Waals surface area contributed by atoms with E-state index >= 15 is 0 Å². The van der Waals surface area contributed by atoms with Crippen LogP contribution in [0.2, 0.25) is 0 Å². The van der Waals surface area contributed by atoms with E-state index in [0.717, 1.165) is 23.7 Å². The second-order valence-corrected chi connectivity index (χ2v) is 4.61. The van der Waals surface area contributed by atoms with Gasteiger partial charge in [-0.15, -0.1) is 0 Å². The fraction of sp³-hybridized carbons (Fsp3) is 0.286. The van der Waals surface area contributed by atoms with Crippen LogP contribution < -0.4 is 15.4 Å². The summed E-state index contributed by atoms with van der Waals surface area (Å²) in [6, 6.07) is 9.60. The van der Waals surface area contributed by atoms with Gasteiger partial charge in [-0.2, -0.15) is 5.10 Å². The number of nitrogens with one attached hydrogen (secondary N) is 2. The molecule has 0 aliphatic rings. The molecule has 106 valence electrons. The summed E-state index contributed by atoms with van der Waals surface area (Å²) in [6.07, 6.45) is 1.95. The van der Waals surface area contributed by atoms with E-state index in [1.54, 1.807) is 7.11 Å². The summed E-state index contributed by atoms with van der Waals surface area (Å²) in [6.45, 7) is 3.52. The number of methoxy groups -OCH3 is 1. The molecule has 2 N–H and O–H groups in total. The Morgan fingerprint density at radius 1 is 1.40 bits per heavy atom. The Kier molecular flexibility index (Phi) is 4.95. The molecule has 5 nitrogen and oxygen atoms in total. The number of ether oxygens (including phenoxy) is 1. The van der Waals surface area contributed by atoms with Crippen LogP contribution in [0.1, 0.15) is 12.6 Å². The number of aryl methyl sites for hydroxylation is 1. The molecule has 0 bridgehead atoms. The first-order valence-electron chi connectivity index (χ1n) is 6.42. The van der Waals surface area contributed by atoms with E-state index in [9.17, 15) is 0 Å². The Morgan fingerprint density at radius 2 is 2.25 bits per heavy atom. The highest BCUT2D eigenvalue weighted by atomic mass is 32.1. The number of benzene rings is 1. The van der Waals surface area contributed by atoms with Crippen LogP contribution in [0.5, 0.6) is 5.75 Å². The number of anilines is 1. The Hall–Kier alpha value is -2.08. The van der Waals surface area contributed by atoms with Gasteiger partial charge in [0.05, 0.1) is 19.3 Å². The standard InChI is InChI=1S/C14H18N4OS/c1-3-18-8-7-12(17-18)10-15-14(20)16-11-5-4-6-13(9-11)19-2/h4-9H,3,10H2,1-2H3,(H2,15,16,20). The van der Waals surface area contributed by atoms with Crippen molar-refractivity contribution in [3.63, 3.8) is 0 Å². The summed E-state index contributed by atoms with van der Waals surface area (Å²) in [5.41, 5.74) is 1.85. The van der Waals surface area contributed by atoms with E-state index < -0.39 is 0 Å². The number of rotatable bonds is 5. The molecule has 0 saturated carbocycles. The van der Waals surface area contributed by atoms with Gasteiger partial charge in [-0.25, -0.2) is 0 Å². The lowest BCUT2D eigenvalue weighted by molar-refractivity contribution is 0.415. The molecule has 0 spiro atoms. The number of hydrogen-bond acceptors (Lipinski definition) is 3. The molecular weight excluding hydrogens is 272 g/mol. The van der Waals surface area contributed by atoms with Gasteiger partial charge >= 0.3 is 0 Å². The Morgan fingerprint density at radius 3 is 2.95 bits per heavy atom. The van der Waals surface area contributed by atoms with Gasteiger partial charge in [0, 0.05) is 24.5 Å². The molecule has 0 aliphatic carbocycles. The largest absolute Gasteiger partial charge is 0.497 e. The number of nitrogens with zero attached hydrogens (tertiary/aromatic N) is 2. The van der Waals surface area contributed by atoms with Crippen molar-refractivity contribution in [2.75, 3.05) is 12.4 Å². The van der Waals surface area contributed by atoms with Crippen molar-refractivity contribution >= 4 is 23.0 Å². The molecule has 6 heteroatoms. The fourth-order valence-corrected chi connectivity index (χ4v) is 1.91. The van der Waals surface area contributed by atoms with Crippen molar-refractivity contribution < 1.29 is 4.74 Å². The molecule has 0 unspecified atom stereocenters. The van der Waals surface area contributed by atoms with Gasteiger partial charge in [0.25, 0.3) is 0 Å². The predicted octanol–water partition coefficient (Wildman–Crippen LogP) is 2.40. The molecule has 0 aliphatic heterocycles. The summed E-state index contributed by atoms with van der Waals surface area (Å²) >= 11 is 5.25. The maximum Gasteiger partial charge on any atom is 0.171 e. The molecule has 1 aromatic carbocycles. The van der Waals surface area contributed by atoms with E-state index in [-0.39, 0.29) is 0 Å². The smallest absolute Gasteiger partial charge is 0.171 e. The number of thiocarbonyl (C=S) groups is 1. The quantitative estimate of drug-likeness (QED) is 0.828. The van der Waals surface area contributed by atoms with Gasteiger partial charge in [-0.1, -0.05) is 6.07 Å². The normalized spacial score (nSPS) is 10.1. The van der Waals surface area contributed by atoms with Crippen LogP contribution in [0, 0.1) is 0 Å². The predicted molar refractivity (Wildman–Crippen MR) is 84.0 cm³/mol. The zero-order chi connectivity index (χ0) is 14.4. The van der Waals surface area contributed by atoms with Crippen LogP contribution in [0.15, 0.2) is 36.5 Å². The topological polar surface area (TPSA) is 51.1 Å². The van der Waals surface area contributed by atoms with Gasteiger partial charge in [0.15, 0.2) is 5.11 Å². The van der Waals surface area contributed by atoms with Crippen LogP contribution in [-0.2, 0) is 13.1 Å². The fourth-order valence-electron chi connectivity index (χ4n) is 1.72. The molecule has 1 heterocycles. The number of hydrogen-bond donors (Lipinski definition) is 2. The van der Waals surface area contributed by atoms with E-state index in [1.165, 1.54) is 0 Å². The lowest BCUT2D eigenvalue weighted by Gasteiger charge is -2.10. The van der Waals surface area contributed by atoms with Gasteiger partial charge in [-0.05, 0) is 37.3 Å². The average Bonchev–Trinajstić information content (AvgIpc) is 2.93.